The van der Waals surface area contributed by atoms with E-state index < -0.39 is 0 Å². The lowest BCUT2D eigenvalue weighted by atomic mass is 10.1. The molecular weight excluding hydrogens is 252 g/mol. The molecule has 0 aliphatic heterocycles. The summed E-state index contributed by atoms with van der Waals surface area (Å²) in [7, 11) is 0. The number of fused-ring (bicyclic) bond motifs is 1. The fourth-order valence-electron chi connectivity index (χ4n) is 1.94. The first-order chi connectivity index (χ1) is 9.76. The van der Waals surface area contributed by atoms with Crippen molar-refractivity contribution in [3.63, 3.8) is 0 Å². The van der Waals surface area contributed by atoms with Gasteiger partial charge >= 0.3 is 0 Å². The van der Waals surface area contributed by atoms with E-state index in [9.17, 15) is 5.11 Å². The molecule has 4 heteroatoms. The SMILES string of the molecule is N#Cc1ccnc(Oc2cc3ccccc3cc2O)c1. The fourth-order valence-corrected chi connectivity index (χ4v) is 1.94. The number of phenols is 1. The monoisotopic (exact) mass is 262 g/mol. The number of phenolic OH excluding ortho intramolecular Hbond substituents is 1. The van der Waals surface area contributed by atoms with Crippen molar-refractivity contribution in [2.45, 2.75) is 0 Å². The van der Waals surface area contributed by atoms with Gasteiger partial charge in [0.05, 0.1) is 11.6 Å². The van der Waals surface area contributed by atoms with Crippen LogP contribution in [-0.2, 0) is 0 Å². The fraction of sp³-hybridized carbons (Fsp3) is 0. The summed E-state index contributed by atoms with van der Waals surface area (Å²) in [6.07, 6.45) is 1.49. The summed E-state index contributed by atoms with van der Waals surface area (Å²) in [5, 5.41) is 20.7. The second kappa shape index (κ2) is 4.90. The summed E-state index contributed by atoms with van der Waals surface area (Å²) in [6, 6.07) is 16.2. The van der Waals surface area contributed by atoms with E-state index in [1.54, 1.807) is 18.2 Å². The minimum Gasteiger partial charge on any atom is -0.504 e. The maximum Gasteiger partial charge on any atom is 0.220 e. The highest BCUT2D eigenvalue weighted by Crippen LogP contribution is 2.34. The van der Waals surface area contributed by atoms with Gasteiger partial charge in [0.15, 0.2) is 11.5 Å². The number of aromatic hydroxyl groups is 1. The van der Waals surface area contributed by atoms with Crippen LogP contribution in [0.2, 0.25) is 0 Å². The predicted molar refractivity (Wildman–Crippen MR) is 74.6 cm³/mol. The summed E-state index contributed by atoms with van der Waals surface area (Å²) in [5.41, 5.74) is 0.454. The zero-order valence-corrected chi connectivity index (χ0v) is 10.4. The van der Waals surface area contributed by atoms with E-state index in [0.717, 1.165) is 10.8 Å². The highest BCUT2D eigenvalue weighted by Gasteiger charge is 2.07. The third-order valence-corrected chi connectivity index (χ3v) is 2.91. The zero-order chi connectivity index (χ0) is 13.9. The molecule has 0 saturated carbocycles. The van der Waals surface area contributed by atoms with Crippen LogP contribution in [0.3, 0.4) is 0 Å². The van der Waals surface area contributed by atoms with E-state index in [0.29, 0.717) is 11.3 Å². The van der Waals surface area contributed by atoms with Crippen molar-refractivity contribution >= 4 is 10.8 Å². The maximum absolute atomic E-state index is 9.98. The Kier molecular flexibility index (Phi) is 2.94. The van der Waals surface area contributed by atoms with E-state index in [2.05, 4.69) is 4.98 Å². The first-order valence-electron chi connectivity index (χ1n) is 6.02. The molecule has 1 heterocycles. The molecule has 2 aromatic carbocycles. The third kappa shape index (κ3) is 2.25. The van der Waals surface area contributed by atoms with Crippen molar-refractivity contribution in [3.05, 3.63) is 60.3 Å². The number of hydrogen-bond donors (Lipinski definition) is 1. The molecule has 3 rings (SSSR count). The van der Waals surface area contributed by atoms with Crippen molar-refractivity contribution in [3.8, 4) is 23.4 Å². The minimum atomic E-state index is 0.0351. The third-order valence-electron chi connectivity index (χ3n) is 2.91. The molecule has 20 heavy (non-hydrogen) atoms. The summed E-state index contributed by atoms with van der Waals surface area (Å²) >= 11 is 0. The Morgan fingerprint density at radius 1 is 1.05 bits per heavy atom. The molecule has 96 valence electrons. The average molecular weight is 262 g/mol. The Bertz CT molecular complexity index is 822. The van der Waals surface area contributed by atoms with Crippen LogP contribution >= 0.6 is 0 Å². The van der Waals surface area contributed by atoms with Crippen LogP contribution in [0.15, 0.2) is 54.7 Å². The van der Waals surface area contributed by atoms with Crippen LogP contribution in [0.4, 0.5) is 0 Å². The molecular formula is C16H10N2O2. The predicted octanol–water partition coefficient (Wildman–Crippen LogP) is 3.60. The first kappa shape index (κ1) is 12.0. The van der Waals surface area contributed by atoms with Crippen molar-refractivity contribution < 1.29 is 9.84 Å². The largest absolute Gasteiger partial charge is 0.504 e. The van der Waals surface area contributed by atoms with E-state index in [1.807, 2.05) is 30.3 Å². The molecule has 0 amide bonds. The second-order valence-electron chi connectivity index (χ2n) is 4.26. The van der Waals surface area contributed by atoms with Crippen molar-refractivity contribution in [1.82, 2.24) is 4.98 Å². The van der Waals surface area contributed by atoms with Gasteiger partial charge in [-0.2, -0.15) is 5.26 Å². The second-order valence-corrected chi connectivity index (χ2v) is 4.26. The van der Waals surface area contributed by atoms with E-state index >= 15 is 0 Å². The highest BCUT2D eigenvalue weighted by atomic mass is 16.5. The summed E-state index contributed by atoms with van der Waals surface area (Å²) < 4.78 is 5.55. The van der Waals surface area contributed by atoms with Gasteiger partial charge in [-0.1, -0.05) is 24.3 Å². The molecule has 4 nitrogen and oxygen atoms in total. The van der Waals surface area contributed by atoms with Crippen LogP contribution in [0.1, 0.15) is 5.56 Å². The number of hydrogen-bond acceptors (Lipinski definition) is 4. The number of benzene rings is 2. The number of aromatic nitrogens is 1. The molecule has 1 N–H and O–H groups in total. The van der Waals surface area contributed by atoms with Gasteiger partial charge in [-0.25, -0.2) is 4.98 Å². The van der Waals surface area contributed by atoms with Gasteiger partial charge in [0.25, 0.3) is 0 Å². The number of rotatable bonds is 2. The molecule has 0 bridgehead atoms. The molecule has 1 aromatic heterocycles. The van der Waals surface area contributed by atoms with Crippen LogP contribution in [0, 0.1) is 11.3 Å². The van der Waals surface area contributed by atoms with Gasteiger partial charge in [-0.05, 0) is 29.0 Å². The Labute approximate surface area is 115 Å². The van der Waals surface area contributed by atoms with Gasteiger partial charge in [-0.15, -0.1) is 0 Å². The average Bonchev–Trinajstić information content (AvgIpc) is 2.48. The van der Waals surface area contributed by atoms with E-state index in [4.69, 9.17) is 10.00 Å². The van der Waals surface area contributed by atoms with Gasteiger partial charge in [0.2, 0.25) is 5.88 Å². The number of nitrogens with zero attached hydrogens (tertiary/aromatic N) is 2. The number of nitriles is 1. The number of pyridine rings is 1. The van der Waals surface area contributed by atoms with Crippen molar-refractivity contribution in [1.29, 1.82) is 5.26 Å². The summed E-state index contributed by atoms with van der Waals surface area (Å²) in [6.45, 7) is 0. The lowest BCUT2D eigenvalue weighted by Gasteiger charge is -2.08. The molecule has 0 radical (unpaired) electrons. The molecule has 0 unspecified atom stereocenters. The maximum atomic E-state index is 9.98. The van der Waals surface area contributed by atoms with Crippen LogP contribution in [-0.4, -0.2) is 10.1 Å². The Hall–Kier alpha value is -3.06. The van der Waals surface area contributed by atoms with Gasteiger partial charge in [0.1, 0.15) is 0 Å². The summed E-state index contributed by atoms with van der Waals surface area (Å²) in [5.74, 6) is 0.619. The molecule has 0 aliphatic carbocycles. The standard InChI is InChI=1S/C16H10N2O2/c17-10-11-5-6-18-16(7-11)20-15-9-13-4-2-1-3-12(13)8-14(15)19/h1-9,19H. The Morgan fingerprint density at radius 3 is 2.55 bits per heavy atom. The Balaban J connectivity index is 2.01. The van der Waals surface area contributed by atoms with Gasteiger partial charge < -0.3 is 9.84 Å². The topological polar surface area (TPSA) is 66.1 Å². The lowest BCUT2D eigenvalue weighted by Crippen LogP contribution is -1.89. The van der Waals surface area contributed by atoms with Gasteiger partial charge in [-0.3, -0.25) is 0 Å². The summed E-state index contributed by atoms with van der Waals surface area (Å²) in [4.78, 5) is 4.02. The highest BCUT2D eigenvalue weighted by molar-refractivity contribution is 5.86. The van der Waals surface area contributed by atoms with Crippen LogP contribution in [0.25, 0.3) is 10.8 Å². The quantitative estimate of drug-likeness (QED) is 0.766. The van der Waals surface area contributed by atoms with Crippen LogP contribution < -0.4 is 4.74 Å². The van der Waals surface area contributed by atoms with E-state index in [1.165, 1.54) is 12.3 Å². The molecule has 0 atom stereocenters. The lowest BCUT2D eigenvalue weighted by molar-refractivity contribution is 0.404. The van der Waals surface area contributed by atoms with Crippen molar-refractivity contribution in [2.75, 3.05) is 0 Å². The van der Waals surface area contributed by atoms with Crippen molar-refractivity contribution in [2.24, 2.45) is 0 Å². The molecule has 0 saturated heterocycles. The van der Waals surface area contributed by atoms with Gasteiger partial charge in [0, 0.05) is 12.3 Å². The molecule has 0 spiro atoms. The zero-order valence-electron chi connectivity index (χ0n) is 10.4. The molecule has 3 aromatic rings. The molecule has 0 fully saturated rings. The smallest absolute Gasteiger partial charge is 0.220 e. The first-order valence-corrected chi connectivity index (χ1v) is 6.02. The van der Waals surface area contributed by atoms with E-state index in [-0.39, 0.29) is 11.6 Å². The molecule has 0 aliphatic rings. The number of ether oxygens (including phenoxy) is 1. The van der Waals surface area contributed by atoms with Crippen LogP contribution in [0.5, 0.6) is 17.4 Å². The minimum absolute atomic E-state index is 0.0351. The Morgan fingerprint density at radius 2 is 1.80 bits per heavy atom. The normalized spacial score (nSPS) is 10.2.